The van der Waals surface area contributed by atoms with Crippen LogP contribution in [0, 0.1) is 12.5 Å². The minimum Gasteiger partial charge on any atom is -0.408 e. The SMILES string of the molecule is C#COc1cccc(C(F)(F)F)c1. The molecule has 1 rings (SSSR count). The van der Waals surface area contributed by atoms with E-state index in [4.69, 9.17) is 6.42 Å². The average Bonchev–Trinajstić information content (AvgIpc) is 2.04. The molecule has 0 aliphatic heterocycles. The van der Waals surface area contributed by atoms with Gasteiger partial charge in [-0.1, -0.05) is 12.5 Å². The summed E-state index contributed by atoms with van der Waals surface area (Å²) in [5.74, 6) is 0.0114. The minimum atomic E-state index is -4.37. The second-order valence-corrected chi connectivity index (χ2v) is 2.25. The van der Waals surface area contributed by atoms with Crippen LogP contribution < -0.4 is 4.74 Å². The molecule has 0 heterocycles. The number of alkyl halides is 3. The predicted molar refractivity (Wildman–Crippen MR) is 40.9 cm³/mol. The van der Waals surface area contributed by atoms with Crippen LogP contribution in [0.3, 0.4) is 0 Å². The third kappa shape index (κ3) is 2.41. The molecule has 0 aromatic heterocycles. The summed E-state index contributed by atoms with van der Waals surface area (Å²) in [6.45, 7) is 0. The summed E-state index contributed by atoms with van der Waals surface area (Å²) < 4.78 is 40.8. The van der Waals surface area contributed by atoms with E-state index in [1.54, 1.807) is 6.11 Å². The lowest BCUT2D eigenvalue weighted by atomic mass is 10.2. The second kappa shape index (κ2) is 3.40. The summed E-state index contributed by atoms with van der Waals surface area (Å²) in [4.78, 5) is 0. The lowest BCUT2D eigenvalue weighted by Crippen LogP contribution is -2.04. The average molecular weight is 186 g/mol. The lowest BCUT2D eigenvalue weighted by molar-refractivity contribution is -0.137. The van der Waals surface area contributed by atoms with E-state index in [0.717, 1.165) is 12.1 Å². The number of rotatable bonds is 1. The quantitative estimate of drug-likeness (QED) is 0.612. The van der Waals surface area contributed by atoms with Gasteiger partial charge in [-0.15, -0.1) is 0 Å². The molecule has 68 valence electrons. The summed E-state index contributed by atoms with van der Waals surface area (Å²) in [7, 11) is 0. The normalized spacial score (nSPS) is 10.6. The van der Waals surface area contributed by atoms with Crippen molar-refractivity contribution >= 4 is 0 Å². The van der Waals surface area contributed by atoms with Crippen LogP contribution in [0.25, 0.3) is 0 Å². The van der Waals surface area contributed by atoms with Gasteiger partial charge in [0.2, 0.25) is 0 Å². The standard InChI is InChI=1S/C9H5F3O/c1-2-13-8-5-3-4-7(6-8)9(10,11)12/h1,3-6H. The van der Waals surface area contributed by atoms with Crippen molar-refractivity contribution < 1.29 is 17.9 Å². The first kappa shape index (κ1) is 9.46. The number of halogens is 3. The van der Waals surface area contributed by atoms with Crippen molar-refractivity contribution in [1.29, 1.82) is 0 Å². The van der Waals surface area contributed by atoms with Gasteiger partial charge in [-0.2, -0.15) is 13.2 Å². The van der Waals surface area contributed by atoms with Gasteiger partial charge in [0.25, 0.3) is 0 Å². The Kier molecular flexibility index (Phi) is 2.47. The summed E-state index contributed by atoms with van der Waals surface area (Å²) in [5.41, 5.74) is -0.778. The molecule has 0 aliphatic carbocycles. The molecule has 0 bridgehead atoms. The third-order valence-corrected chi connectivity index (χ3v) is 1.34. The molecule has 0 atom stereocenters. The highest BCUT2D eigenvalue weighted by molar-refractivity contribution is 5.31. The van der Waals surface area contributed by atoms with Gasteiger partial charge in [0, 0.05) is 0 Å². The zero-order valence-corrected chi connectivity index (χ0v) is 6.43. The van der Waals surface area contributed by atoms with E-state index >= 15 is 0 Å². The molecule has 0 spiro atoms. The van der Waals surface area contributed by atoms with Crippen LogP contribution in [-0.4, -0.2) is 0 Å². The fraction of sp³-hybridized carbons (Fsp3) is 0.111. The van der Waals surface area contributed by atoms with E-state index in [1.807, 2.05) is 0 Å². The Hall–Kier alpha value is -1.63. The first-order valence-electron chi connectivity index (χ1n) is 3.34. The summed E-state index contributed by atoms with van der Waals surface area (Å²) in [5, 5.41) is 0. The van der Waals surface area contributed by atoms with Crippen LogP contribution in [0.4, 0.5) is 13.2 Å². The van der Waals surface area contributed by atoms with E-state index < -0.39 is 11.7 Å². The third-order valence-electron chi connectivity index (χ3n) is 1.34. The van der Waals surface area contributed by atoms with Crippen LogP contribution >= 0.6 is 0 Å². The van der Waals surface area contributed by atoms with E-state index in [-0.39, 0.29) is 5.75 Å². The molecule has 1 nitrogen and oxygen atoms in total. The van der Waals surface area contributed by atoms with Gasteiger partial charge in [0.1, 0.15) is 11.9 Å². The lowest BCUT2D eigenvalue weighted by Gasteiger charge is -2.06. The van der Waals surface area contributed by atoms with Gasteiger partial charge in [-0.25, -0.2) is 0 Å². The molecule has 0 saturated heterocycles. The molecular formula is C9H5F3O. The van der Waals surface area contributed by atoms with Crippen LogP contribution in [-0.2, 0) is 6.18 Å². The van der Waals surface area contributed by atoms with Crippen LogP contribution in [0.5, 0.6) is 5.75 Å². The maximum Gasteiger partial charge on any atom is 0.416 e. The molecular weight excluding hydrogens is 181 g/mol. The topological polar surface area (TPSA) is 9.23 Å². The van der Waals surface area contributed by atoms with Crippen molar-refractivity contribution in [3.05, 3.63) is 29.8 Å². The molecule has 0 amide bonds. The highest BCUT2D eigenvalue weighted by Crippen LogP contribution is 2.31. The first-order chi connectivity index (χ1) is 6.04. The van der Waals surface area contributed by atoms with Crippen molar-refractivity contribution in [1.82, 2.24) is 0 Å². The molecule has 0 N–H and O–H groups in total. The molecule has 0 radical (unpaired) electrons. The maximum absolute atomic E-state index is 12.1. The van der Waals surface area contributed by atoms with Gasteiger partial charge in [0.05, 0.1) is 5.56 Å². The van der Waals surface area contributed by atoms with Gasteiger partial charge in [-0.3, -0.25) is 0 Å². The maximum atomic E-state index is 12.1. The molecule has 0 saturated carbocycles. The molecule has 0 aliphatic rings. The van der Waals surface area contributed by atoms with Crippen molar-refractivity contribution in [2.75, 3.05) is 0 Å². The largest absolute Gasteiger partial charge is 0.416 e. The highest BCUT2D eigenvalue weighted by atomic mass is 19.4. The van der Waals surface area contributed by atoms with Crippen molar-refractivity contribution in [3.63, 3.8) is 0 Å². The van der Waals surface area contributed by atoms with Gasteiger partial charge < -0.3 is 4.74 Å². The minimum absolute atomic E-state index is 0.0114. The summed E-state index contributed by atoms with van der Waals surface area (Å²) in [6.07, 6.45) is 2.19. The number of benzene rings is 1. The van der Waals surface area contributed by atoms with E-state index in [9.17, 15) is 13.2 Å². The zero-order valence-electron chi connectivity index (χ0n) is 6.43. The van der Waals surface area contributed by atoms with Gasteiger partial charge in [0.15, 0.2) is 0 Å². The molecule has 1 aromatic carbocycles. The van der Waals surface area contributed by atoms with Gasteiger partial charge in [-0.05, 0) is 18.2 Å². The van der Waals surface area contributed by atoms with E-state index in [1.165, 1.54) is 12.1 Å². The number of ether oxygens (including phenoxy) is 1. The van der Waals surface area contributed by atoms with E-state index in [0.29, 0.717) is 0 Å². The number of hydrogen-bond acceptors (Lipinski definition) is 1. The summed E-state index contributed by atoms with van der Waals surface area (Å²) >= 11 is 0. The Labute approximate surface area is 73.1 Å². The number of terminal acetylenes is 1. The fourth-order valence-corrected chi connectivity index (χ4v) is 0.804. The van der Waals surface area contributed by atoms with E-state index in [2.05, 4.69) is 4.74 Å². The molecule has 1 aromatic rings. The Morgan fingerprint density at radius 1 is 1.31 bits per heavy atom. The fourth-order valence-electron chi connectivity index (χ4n) is 0.804. The Morgan fingerprint density at radius 2 is 2.00 bits per heavy atom. The number of hydrogen-bond donors (Lipinski definition) is 0. The van der Waals surface area contributed by atoms with Crippen LogP contribution in [0.1, 0.15) is 5.56 Å². The van der Waals surface area contributed by atoms with Crippen LogP contribution in [0.15, 0.2) is 24.3 Å². The zero-order chi connectivity index (χ0) is 9.90. The monoisotopic (exact) mass is 186 g/mol. The Balaban J connectivity index is 3.00. The van der Waals surface area contributed by atoms with Crippen molar-refractivity contribution in [3.8, 4) is 18.3 Å². The summed E-state index contributed by atoms with van der Waals surface area (Å²) in [6, 6.07) is 4.38. The molecule has 4 heteroatoms. The molecule has 0 unspecified atom stereocenters. The Bertz CT molecular complexity index is 335. The molecule has 13 heavy (non-hydrogen) atoms. The second-order valence-electron chi connectivity index (χ2n) is 2.25. The van der Waals surface area contributed by atoms with Crippen molar-refractivity contribution in [2.24, 2.45) is 0 Å². The van der Waals surface area contributed by atoms with Gasteiger partial charge >= 0.3 is 6.18 Å². The predicted octanol–water partition coefficient (Wildman–Crippen LogP) is 2.67. The Morgan fingerprint density at radius 3 is 2.54 bits per heavy atom. The smallest absolute Gasteiger partial charge is 0.408 e. The first-order valence-corrected chi connectivity index (χ1v) is 3.34. The highest BCUT2D eigenvalue weighted by Gasteiger charge is 2.30. The van der Waals surface area contributed by atoms with Crippen LogP contribution in [0.2, 0.25) is 0 Å². The molecule has 0 fully saturated rings. The van der Waals surface area contributed by atoms with Crippen molar-refractivity contribution in [2.45, 2.75) is 6.18 Å².